The number of nitrogens with zero attached hydrogens (tertiary/aromatic N) is 4. The smallest absolute Gasteiger partial charge is 0.0538 e. The molecule has 2 heterocycles. The zero-order chi connectivity index (χ0) is 14.2. The summed E-state index contributed by atoms with van der Waals surface area (Å²) in [5.41, 5.74) is 7.46. The molecule has 0 radical (unpaired) electrons. The maximum Gasteiger partial charge on any atom is 0.0538 e. The Morgan fingerprint density at radius 3 is 2.53 bits per heavy atom. The molecule has 0 bridgehead atoms. The summed E-state index contributed by atoms with van der Waals surface area (Å²) in [5.74, 6) is 0.674. The van der Waals surface area contributed by atoms with Gasteiger partial charge in [-0.05, 0) is 26.9 Å². The molecule has 0 saturated carbocycles. The minimum atomic E-state index is 0.109. The fourth-order valence-electron chi connectivity index (χ4n) is 3.33. The van der Waals surface area contributed by atoms with Gasteiger partial charge in [0.1, 0.15) is 0 Å². The lowest BCUT2D eigenvalue weighted by Crippen LogP contribution is -2.40. The van der Waals surface area contributed by atoms with Crippen LogP contribution in [0.2, 0.25) is 0 Å². The second-order valence-corrected chi connectivity index (χ2v) is 6.21. The number of aryl methyl sites for hydroxylation is 1. The third kappa shape index (κ3) is 2.99. The summed E-state index contributed by atoms with van der Waals surface area (Å²) in [6, 6.07) is 0.983. The maximum absolute atomic E-state index is 6.23. The highest BCUT2D eigenvalue weighted by Crippen LogP contribution is 2.30. The monoisotopic (exact) mass is 265 g/mol. The quantitative estimate of drug-likeness (QED) is 0.870. The van der Waals surface area contributed by atoms with Crippen LogP contribution in [0.25, 0.3) is 0 Å². The van der Waals surface area contributed by atoms with Crippen LogP contribution in [0.15, 0.2) is 12.4 Å². The average Bonchev–Trinajstić information content (AvgIpc) is 2.86. The fraction of sp³-hybridized carbons (Fsp3) is 0.786. The topological polar surface area (TPSA) is 50.3 Å². The SMILES string of the molecule is CC(N)C(c1cnn(C)c1)N1CC(C)C(N(C)C)C1. The van der Waals surface area contributed by atoms with Gasteiger partial charge in [0.25, 0.3) is 0 Å². The molecule has 19 heavy (non-hydrogen) atoms. The number of nitrogens with two attached hydrogens (primary N) is 1. The zero-order valence-corrected chi connectivity index (χ0v) is 12.7. The van der Waals surface area contributed by atoms with E-state index in [2.05, 4.69) is 49.0 Å². The van der Waals surface area contributed by atoms with Gasteiger partial charge in [-0.3, -0.25) is 9.58 Å². The van der Waals surface area contributed by atoms with Crippen molar-refractivity contribution in [3.63, 3.8) is 0 Å². The molecular weight excluding hydrogens is 238 g/mol. The standard InChI is InChI=1S/C14H27N5/c1-10-7-19(9-13(10)17(3)4)14(11(2)15)12-6-16-18(5)8-12/h6,8,10-11,13-14H,7,9,15H2,1-5H3. The van der Waals surface area contributed by atoms with Crippen LogP contribution in [0.4, 0.5) is 0 Å². The summed E-state index contributed by atoms with van der Waals surface area (Å²) in [4.78, 5) is 4.84. The molecule has 108 valence electrons. The Labute approximate surface area is 116 Å². The molecule has 1 aromatic heterocycles. The Balaban J connectivity index is 2.18. The number of likely N-dealkylation sites (tertiary alicyclic amines) is 1. The maximum atomic E-state index is 6.23. The molecule has 0 spiro atoms. The summed E-state index contributed by atoms with van der Waals surface area (Å²) in [5, 5.41) is 4.29. The van der Waals surface area contributed by atoms with Gasteiger partial charge < -0.3 is 10.6 Å². The second-order valence-electron chi connectivity index (χ2n) is 6.21. The average molecular weight is 265 g/mol. The van der Waals surface area contributed by atoms with Gasteiger partial charge in [0.05, 0.1) is 12.2 Å². The minimum absolute atomic E-state index is 0.109. The molecule has 5 nitrogen and oxygen atoms in total. The number of hydrogen-bond donors (Lipinski definition) is 1. The van der Waals surface area contributed by atoms with E-state index in [9.17, 15) is 0 Å². The zero-order valence-electron chi connectivity index (χ0n) is 12.7. The van der Waals surface area contributed by atoms with Gasteiger partial charge in [-0.2, -0.15) is 5.10 Å². The van der Waals surface area contributed by atoms with Crippen LogP contribution in [-0.2, 0) is 7.05 Å². The van der Waals surface area contributed by atoms with Crippen molar-refractivity contribution in [3.8, 4) is 0 Å². The van der Waals surface area contributed by atoms with Crippen LogP contribution in [-0.4, -0.2) is 58.8 Å². The van der Waals surface area contributed by atoms with E-state index < -0.39 is 0 Å². The normalized spacial score (nSPS) is 27.9. The van der Waals surface area contributed by atoms with E-state index in [0.717, 1.165) is 13.1 Å². The highest BCUT2D eigenvalue weighted by Gasteiger charge is 2.36. The lowest BCUT2D eigenvalue weighted by Gasteiger charge is -2.30. The third-order valence-electron chi connectivity index (χ3n) is 4.22. The lowest BCUT2D eigenvalue weighted by molar-refractivity contribution is 0.197. The van der Waals surface area contributed by atoms with Crippen molar-refractivity contribution >= 4 is 0 Å². The lowest BCUT2D eigenvalue weighted by atomic mass is 10.0. The molecule has 4 unspecified atom stereocenters. The van der Waals surface area contributed by atoms with Crippen LogP contribution < -0.4 is 5.73 Å². The van der Waals surface area contributed by atoms with Crippen LogP contribution in [0.3, 0.4) is 0 Å². The van der Waals surface area contributed by atoms with Gasteiger partial charge in [0, 0.05) is 44.0 Å². The second kappa shape index (κ2) is 5.61. The largest absolute Gasteiger partial charge is 0.326 e. The van der Waals surface area contributed by atoms with Gasteiger partial charge in [0.15, 0.2) is 0 Å². The van der Waals surface area contributed by atoms with E-state index in [4.69, 9.17) is 5.73 Å². The molecule has 2 N–H and O–H groups in total. The first-order valence-corrected chi connectivity index (χ1v) is 7.04. The van der Waals surface area contributed by atoms with Crippen molar-refractivity contribution in [2.24, 2.45) is 18.7 Å². The molecule has 0 amide bonds. The third-order valence-corrected chi connectivity index (χ3v) is 4.22. The van der Waals surface area contributed by atoms with Crippen molar-refractivity contribution in [1.82, 2.24) is 19.6 Å². The molecule has 1 saturated heterocycles. The highest BCUT2D eigenvalue weighted by molar-refractivity contribution is 5.14. The Hall–Kier alpha value is -0.910. The van der Waals surface area contributed by atoms with Gasteiger partial charge in [0.2, 0.25) is 0 Å². The highest BCUT2D eigenvalue weighted by atomic mass is 15.3. The summed E-state index contributed by atoms with van der Waals surface area (Å²) < 4.78 is 1.85. The number of rotatable bonds is 4. The fourth-order valence-corrected chi connectivity index (χ4v) is 3.33. The van der Waals surface area contributed by atoms with Crippen molar-refractivity contribution in [3.05, 3.63) is 18.0 Å². The Morgan fingerprint density at radius 2 is 2.11 bits per heavy atom. The van der Waals surface area contributed by atoms with Crippen molar-refractivity contribution < 1.29 is 0 Å². The predicted molar refractivity (Wildman–Crippen MR) is 77.8 cm³/mol. The van der Waals surface area contributed by atoms with Crippen LogP contribution in [0.5, 0.6) is 0 Å². The first kappa shape index (κ1) is 14.5. The molecule has 1 aliphatic heterocycles. The van der Waals surface area contributed by atoms with Crippen LogP contribution in [0.1, 0.15) is 25.5 Å². The molecule has 5 heteroatoms. The molecular formula is C14H27N5. The van der Waals surface area contributed by atoms with Crippen molar-refractivity contribution in [1.29, 1.82) is 0 Å². The summed E-state index contributed by atoms with van der Waals surface area (Å²) >= 11 is 0. The molecule has 1 aromatic rings. The van der Waals surface area contributed by atoms with Gasteiger partial charge in [-0.25, -0.2) is 0 Å². The molecule has 1 aliphatic rings. The van der Waals surface area contributed by atoms with E-state index in [1.165, 1.54) is 5.56 Å². The predicted octanol–water partition coefficient (Wildman–Crippen LogP) is 0.690. The first-order chi connectivity index (χ1) is 8.90. The molecule has 0 aliphatic carbocycles. The molecule has 4 atom stereocenters. The molecule has 1 fully saturated rings. The Bertz CT molecular complexity index is 412. The molecule has 0 aromatic carbocycles. The van der Waals surface area contributed by atoms with Gasteiger partial charge in [-0.1, -0.05) is 6.92 Å². The molecule has 2 rings (SSSR count). The van der Waals surface area contributed by atoms with Gasteiger partial charge >= 0.3 is 0 Å². The number of hydrogen-bond acceptors (Lipinski definition) is 4. The van der Waals surface area contributed by atoms with E-state index in [-0.39, 0.29) is 12.1 Å². The number of aromatic nitrogens is 2. The first-order valence-electron chi connectivity index (χ1n) is 7.04. The van der Waals surface area contributed by atoms with E-state index in [0.29, 0.717) is 12.0 Å². The van der Waals surface area contributed by atoms with E-state index in [1.807, 2.05) is 17.9 Å². The van der Waals surface area contributed by atoms with Crippen LogP contribution in [0, 0.1) is 5.92 Å². The van der Waals surface area contributed by atoms with Crippen molar-refractivity contribution in [2.45, 2.75) is 32.0 Å². The Kier molecular flexibility index (Phi) is 4.28. The van der Waals surface area contributed by atoms with E-state index >= 15 is 0 Å². The minimum Gasteiger partial charge on any atom is -0.326 e. The van der Waals surface area contributed by atoms with Gasteiger partial charge in [-0.15, -0.1) is 0 Å². The summed E-state index contributed by atoms with van der Waals surface area (Å²) in [6.45, 7) is 6.59. The summed E-state index contributed by atoms with van der Waals surface area (Å²) in [7, 11) is 6.28. The number of likely N-dealkylation sites (N-methyl/N-ethyl adjacent to an activating group) is 1. The van der Waals surface area contributed by atoms with Crippen molar-refractivity contribution in [2.75, 3.05) is 27.2 Å². The van der Waals surface area contributed by atoms with E-state index in [1.54, 1.807) is 0 Å². The summed E-state index contributed by atoms with van der Waals surface area (Å²) in [6.07, 6.45) is 4.03. The van der Waals surface area contributed by atoms with Crippen LogP contribution >= 0.6 is 0 Å². The Morgan fingerprint density at radius 1 is 1.42 bits per heavy atom.